The summed E-state index contributed by atoms with van der Waals surface area (Å²) in [6.45, 7) is 13.0. The van der Waals surface area contributed by atoms with Crippen molar-refractivity contribution in [3.05, 3.63) is 0 Å². The van der Waals surface area contributed by atoms with Crippen LogP contribution in [-0.2, 0) is 33.3 Å². The number of ether oxygens (including phenoxy) is 5. The fourth-order valence-electron chi connectivity index (χ4n) is 2.46. The van der Waals surface area contributed by atoms with E-state index in [1.54, 1.807) is 6.92 Å². The summed E-state index contributed by atoms with van der Waals surface area (Å²) in [5.74, 6) is 0.140. The van der Waals surface area contributed by atoms with Gasteiger partial charge in [-0.1, -0.05) is 27.7 Å². The number of hydrogen-bond donors (Lipinski definition) is 1. The average Bonchev–Trinajstić information content (AvgIpc) is 2.77. The highest BCUT2D eigenvalue weighted by Crippen LogP contribution is 2.04. The minimum atomic E-state index is -1.15. The van der Waals surface area contributed by atoms with Crippen LogP contribution in [0.15, 0.2) is 0 Å². The van der Waals surface area contributed by atoms with Gasteiger partial charge in [0, 0.05) is 31.3 Å². The van der Waals surface area contributed by atoms with Gasteiger partial charge in [0.2, 0.25) is 0 Å². The Kier molecular flexibility index (Phi) is 20.0. The summed E-state index contributed by atoms with van der Waals surface area (Å²) in [5, 5.41) is 2.98. The molecule has 0 aliphatic heterocycles. The van der Waals surface area contributed by atoms with Crippen molar-refractivity contribution in [2.24, 2.45) is 11.8 Å². The molecule has 0 fully saturated rings. The molecule has 0 aliphatic carbocycles. The Bertz CT molecular complexity index is 479. The van der Waals surface area contributed by atoms with Crippen molar-refractivity contribution in [1.29, 1.82) is 0 Å². The van der Waals surface area contributed by atoms with E-state index in [0.29, 0.717) is 65.8 Å². The second kappa shape index (κ2) is 20.6. The van der Waals surface area contributed by atoms with Crippen molar-refractivity contribution in [3.8, 4) is 0 Å². The van der Waals surface area contributed by atoms with Crippen LogP contribution >= 0.6 is 0 Å². The van der Waals surface area contributed by atoms with Gasteiger partial charge in [0.25, 0.3) is 0 Å². The van der Waals surface area contributed by atoms with Crippen LogP contribution in [0.4, 0.5) is 4.39 Å². The lowest BCUT2D eigenvalue weighted by Gasteiger charge is -2.19. The lowest BCUT2D eigenvalue weighted by Crippen LogP contribution is -2.36. The summed E-state index contributed by atoms with van der Waals surface area (Å²) in [6.07, 6.45) is -1.20. The molecule has 0 aromatic heterocycles. The van der Waals surface area contributed by atoms with E-state index in [4.69, 9.17) is 23.7 Å². The summed E-state index contributed by atoms with van der Waals surface area (Å²) in [7, 11) is 0. The van der Waals surface area contributed by atoms with Gasteiger partial charge in [-0.2, -0.15) is 0 Å². The van der Waals surface area contributed by atoms with Crippen LogP contribution in [0.3, 0.4) is 0 Å². The van der Waals surface area contributed by atoms with Gasteiger partial charge in [0.05, 0.1) is 59.0 Å². The molecular formula is C23H44FNO7. The van der Waals surface area contributed by atoms with E-state index >= 15 is 0 Å². The number of carbonyl (C=O) groups excluding carboxylic acids is 2. The maximum atomic E-state index is 14.1. The lowest BCUT2D eigenvalue weighted by atomic mass is 10.0. The zero-order valence-corrected chi connectivity index (χ0v) is 20.5. The van der Waals surface area contributed by atoms with Crippen molar-refractivity contribution in [3.63, 3.8) is 0 Å². The highest BCUT2D eigenvalue weighted by molar-refractivity contribution is 5.81. The van der Waals surface area contributed by atoms with Gasteiger partial charge >= 0.3 is 0 Å². The molecule has 0 saturated heterocycles. The minimum Gasteiger partial charge on any atom is -0.377 e. The molecule has 0 aliphatic rings. The van der Waals surface area contributed by atoms with Gasteiger partial charge < -0.3 is 29.0 Å². The third-order valence-electron chi connectivity index (χ3n) is 4.81. The largest absolute Gasteiger partial charge is 0.377 e. The number of ketones is 2. The van der Waals surface area contributed by atoms with Crippen molar-refractivity contribution in [2.75, 3.05) is 72.6 Å². The summed E-state index contributed by atoms with van der Waals surface area (Å²) < 4.78 is 40.9. The summed E-state index contributed by atoms with van der Waals surface area (Å²) >= 11 is 0. The number of Topliss-reactive ketones (excluding diaryl/α,β-unsaturated/α-hetero) is 2. The molecular weight excluding hydrogens is 421 g/mol. The van der Waals surface area contributed by atoms with Crippen LogP contribution in [0.25, 0.3) is 0 Å². The monoisotopic (exact) mass is 465 g/mol. The lowest BCUT2D eigenvalue weighted by molar-refractivity contribution is -0.127. The third kappa shape index (κ3) is 17.6. The van der Waals surface area contributed by atoms with Gasteiger partial charge in [0.15, 0.2) is 5.78 Å². The first-order chi connectivity index (χ1) is 15.3. The Morgan fingerprint density at radius 3 is 1.75 bits per heavy atom. The number of nitrogens with one attached hydrogen (secondary N) is 1. The molecule has 0 saturated carbocycles. The first-order valence-corrected chi connectivity index (χ1v) is 11.6. The second-order valence-corrected chi connectivity index (χ2v) is 7.98. The SMILES string of the molecule is CCC(=O)C(C)CNCC(F)C(C)OCCOCCOCCOCCOCC(=O)C(C)C. The van der Waals surface area contributed by atoms with Gasteiger partial charge in [-0.3, -0.25) is 9.59 Å². The number of rotatable bonds is 23. The van der Waals surface area contributed by atoms with Gasteiger partial charge in [0.1, 0.15) is 18.6 Å². The standard InChI is InChI=1S/C23H44FNO7/c1-6-22(26)19(4)15-25-16-21(24)20(5)32-14-13-30-10-9-28-7-8-29-11-12-31-17-23(27)18(2)3/h18-21,25H,6-17H2,1-5H3. The van der Waals surface area contributed by atoms with E-state index in [0.717, 1.165) is 0 Å². The molecule has 3 atom stereocenters. The van der Waals surface area contributed by atoms with Crippen LogP contribution in [0.2, 0.25) is 0 Å². The minimum absolute atomic E-state index is 0.0115. The maximum Gasteiger partial charge on any atom is 0.160 e. The van der Waals surface area contributed by atoms with Crippen LogP contribution in [0, 0.1) is 11.8 Å². The van der Waals surface area contributed by atoms with Crippen LogP contribution in [0.5, 0.6) is 0 Å². The van der Waals surface area contributed by atoms with E-state index in [1.165, 1.54) is 0 Å². The highest BCUT2D eigenvalue weighted by Gasteiger charge is 2.17. The number of hydrogen-bond acceptors (Lipinski definition) is 8. The van der Waals surface area contributed by atoms with Crippen LogP contribution in [0.1, 0.15) is 41.0 Å². The molecule has 32 heavy (non-hydrogen) atoms. The van der Waals surface area contributed by atoms with Crippen LogP contribution < -0.4 is 5.32 Å². The Hall–Kier alpha value is -0.970. The third-order valence-corrected chi connectivity index (χ3v) is 4.81. The fourth-order valence-corrected chi connectivity index (χ4v) is 2.46. The molecule has 9 heteroatoms. The van der Waals surface area contributed by atoms with E-state index in [9.17, 15) is 14.0 Å². The van der Waals surface area contributed by atoms with E-state index in [-0.39, 0.29) is 36.6 Å². The van der Waals surface area contributed by atoms with Crippen molar-refractivity contribution < 1.29 is 37.7 Å². The molecule has 0 spiro atoms. The number of carbonyl (C=O) groups is 2. The topological polar surface area (TPSA) is 92.3 Å². The Morgan fingerprint density at radius 2 is 1.25 bits per heavy atom. The maximum absolute atomic E-state index is 14.1. The Morgan fingerprint density at radius 1 is 0.750 bits per heavy atom. The molecule has 1 N–H and O–H groups in total. The molecule has 0 heterocycles. The first kappa shape index (κ1) is 31.0. The average molecular weight is 466 g/mol. The molecule has 0 aromatic rings. The fraction of sp³-hybridized carbons (Fsp3) is 0.913. The molecule has 8 nitrogen and oxygen atoms in total. The smallest absolute Gasteiger partial charge is 0.160 e. The quantitative estimate of drug-likeness (QED) is 0.230. The molecule has 190 valence electrons. The van der Waals surface area contributed by atoms with Gasteiger partial charge in [-0.15, -0.1) is 0 Å². The van der Waals surface area contributed by atoms with Crippen LogP contribution in [-0.4, -0.2) is 96.4 Å². The van der Waals surface area contributed by atoms with Gasteiger partial charge in [-0.25, -0.2) is 4.39 Å². The molecule has 0 bridgehead atoms. The summed E-state index contributed by atoms with van der Waals surface area (Å²) in [4.78, 5) is 22.9. The van der Waals surface area contributed by atoms with Gasteiger partial charge in [-0.05, 0) is 6.92 Å². The summed E-state index contributed by atoms with van der Waals surface area (Å²) in [6, 6.07) is 0. The molecule has 0 radical (unpaired) electrons. The predicted octanol–water partition coefficient (Wildman–Crippen LogP) is 2.23. The Labute approximate surface area is 192 Å². The number of halogens is 1. The zero-order chi connectivity index (χ0) is 24.2. The molecule has 0 aromatic carbocycles. The summed E-state index contributed by atoms with van der Waals surface area (Å²) in [5.41, 5.74) is 0. The van der Waals surface area contributed by atoms with E-state index < -0.39 is 12.3 Å². The van der Waals surface area contributed by atoms with E-state index in [2.05, 4.69) is 5.32 Å². The molecule has 0 amide bonds. The first-order valence-electron chi connectivity index (χ1n) is 11.6. The number of alkyl halides is 1. The van der Waals surface area contributed by atoms with Crippen molar-refractivity contribution in [1.82, 2.24) is 5.32 Å². The highest BCUT2D eigenvalue weighted by atomic mass is 19.1. The molecule has 3 unspecified atom stereocenters. The Balaban J connectivity index is 3.42. The predicted molar refractivity (Wildman–Crippen MR) is 121 cm³/mol. The van der Waals surface area contributed by atoms with Crippen molar-refractivity contribution in [2.45, 2.75) is 53.3 Å². The van der Waals surface area contributed by atoms with Crippen molar-refractivity contribution >= 4 is 11.6 Å². The van der Waals surface area contributed by atoms with E-state index in [1.807, 2.05) is 27.7 Å². The molecule has 0 rings (SSSR count). The normalized spacial score (nSPS) is 14.5. The second-order valence-electron chi connectivity index (χ2n) is 7.98. The zero-order valence-electron chi connectivity index (χ0n) is 20.5.